The summed E-state index contributed by atoms with van der Waals surface area (Å²) in [6, 6.07) is 42.8. The van der Waals surface area contributed by atoms with Crippen molar-refractivity contribution in [2.24, 2.45) is 17.8 Å². The number of aryl methyl sites for hydroxylation is 3. The molecule has 8 aromatic carbocycles. The topological polar surface area (TPSA) is 256 Å². The highest BCUT2D eigenvalue weighted by Crippen LogP contribution is 2.44. The van der Waals surface area contributed by atoms with Gasteiger partial charge in [0.15, 0.2) is 0 Å². The van der Waals surface area contributed by atoms with Crippen molar-refractivity contribution in [3.8, 4) is 0 Å². The molecule has 8 aromatic rings. The zero-order valence-corrected chi connectivity index (χ0v) is 67.8. The quantitative estimate of drug-likeness (QED) is 0.0213. The maximum atomic E-state index is 14.9. The first-order valence-corrected chi connectivity index (χ1v) is 41.3. The van der Waals surface area contributed by atoms with Crippen LogP contribution in [0.5, 0.6) is 0 Å². The lowest BCUT2D eigenvalue weighted by atomic mass is 9.83. The van der Waals surface area contributed by atoms with Crippen molar-refractivity contribution in [1.29, 1.82) is 0 Å². The SMILES string of the molecule is C.CCOC(=O)[C@H]1CCCN(C(=O)c2c(C)cccc2F)[C@H]1c1ccc(NC2CCCC2)cc1.Cc1cccc(F)c1C(=O)N1CCC[C@H](C(=O)Nc2ccc(CO)c(C(F)(F)F)c2)[C@@H]1c1ccc(NC2CCCC2)cc1.Cc1cccc(F)c1C(=O)N1CCC[C@H](C(=O)O)[C@@H]1c1ccc(NC2CCCC2)cc1.Nc1ccc(CO)c(C(F)(F)F)c1. The summed E-state index contributed by atoms with van der Waals surface area (Å²) in [6.45, 7) is 6.87. The second kappa shape index (κ2) is 42.0. The number of piperidine rings is 3. The lowest BCUT2D eigenvalue weighted by Gasteiger charge is -2.41. The second-order valence-corrected chi connectivity index (χ2v) is 31.8. The van der Waals surface area contributed by atoms with Crippen LogP contribution in [0.2, 0.25) is 0 Å². The number of aliphatic hydroxyl groups is 2. The van der Waals surface area contributed by atoms with Gasteiger partial charge in [-0.2, -0.15) is 26.3 Å². The van der Waals surface area contributed by atoms with E-state index in [9.17, 15) is 78.5 Å². The first-order chi connectivity index (χ1) is 57.5. The zero-order chi connectivity index (χ0) is 86.1. The van der Waals surface area contributed by atoms with Gasteiger partial charge in [0.05, 0.1) is 83.5 Å². The van der Waals surface area contributed by atoms with Gasteiger partial charge >= 0.3 is 24.3 Å². The van der Waals surface area contributed by atoms with Crippen LogP contribution in [0.4, 0.5) is 68.0 Å². The molecule has 121 heavy (non-hydrogen) atoms. The lowest BCUT2D eigenvalue weighted by molar-refractivity contribution is -0.152. The zero-order valence-electron chi connectivity index (χ0n) is 67.8. The van der Waals surface area contributed by atoms with Crippen molar-refractivity contribution >= 4 is 64.0 Å². The molecule has 0 bridgehead atoms. The molecule has 27 heteroatoms. The molecule has 6 aliphatic rings. The molecule has 14 rings (SSSR count). The summed E-state index contributed by atoms with van der Waals surface area (Å²) in [7, 11) is 0. The van der Waals surface area contributed by atoms with Gasteiger partial charge in [0.1, 0.15) is 17.5 Å². The van der Waals surface area contributed by atoms with Crippen LogP contribution in [0.15, 0.2) is 164 Å². The normalized spacial score (nSPS) is 19.5. The standard InChI is InChI=1S/C33H35F4N3O3.C27H33FN2O3.C25H29FN2O3.C8H8F3NO.CH4/c1-20-6-4-10-28(34)29(20)32(43)40-17-5-9-26(30(40)21-11-14-24(15-12-21)38-23-7-2-3-8-23)31(42)39-25-16-13-22(19-41)27(18-25)33(35,36)37;1-3-33-27(32)22-11-7-17-30(26(31)24-18(2)8-6-12-23(24)28)25(22)19-13-15-21(16-14-19)29-20-9-4-5-10-20;1-16-6-4-10-21(26)22(16)24(29)28-15-5-9-20(25(30)31)23(28)17-11-13-19(14-12-17)27-18-7-2-3-8-18;9-8(10,11)7-3-6(12)2-1-5(7)4-13;/h4,6,10-16,18,23,26,30,38,41H,2-3,5,7-9,17,19H2,1H3,(H,39,42);6,8,12-16,20,22,25,29H,3-5,7,9-11,17H2,1-2H3;4,6,10-14,18,20,23,27H,2-3,5,7-9,15H2,1H3,(H,30,31);1-3,13H,4,12H2;1H4/t26-,30-;22-,25-;20-,23-;;/m000../s1. The number of benzene rings is 8. The Morgan fingerprint density at radius 3 is 1.09 bits per heavy atom. The number of ether oxygens (including phenoxy) is 1. The number of likely N-dealkylation sites (tertiary alicyclic amines) is 3. The number of nitrogens with two attached hydrogens (primary N) is 1. The molecule has 648 valence electrons. The number of carbonyl (C=O) groups is 6. The number of aliphatic hydroxyl groups excluding tert-OH is 2. The number of amides is 4. The number of nitrogens with zero attached hydrogens (tertiary/aromatic N) is 3. The molecule has 6 atom stereocenters. The van der Waals surface area contributed by atoms with Crippen molar-refractivity contribution in [3.05, 3.63) is 254 Å². The van der Waals surface area contributed by atoms with Crippen molar-refractivity contribution in [3.63, 3.8) is 0 Å². The summed E-state index contributed by atoms with van der Waals surface area (Å²) in [6.07, 6.45) is 8.21. The van der Waals surface area contributed by atoms with Crippen LogP contribution < -0.4 is 27.0 Å². The van der Waals surface area contributed by atoms with Crippen LogP contribution in [0, 0.1) is 56.0 Å². The number of hydrogen-bond acceptors (Lipinski definition) is 13. The molecule has 3 aliphatic heterocycles. The third-order valence-electron chi connectivity index (χ3n) is 23.6. The molecule has 18 nitrogen and oxygen atoms in total. The van der Waals surface area contributed by atoms with E-state index in [4.69, 9.17) is 15.6 Å². The molecule has 0 spiro atoms. The number of nitrogens with one attached hydrogen (secondary N) is 4. The molecule has 3 heterocycles. The third-order valence-corrected chi connectivity index (χ3v) is 23.6. The number of rotatable bonds is 19. The number of nitrogen functional groups attached to an aromatic ring is 1. The van der Waals surface area contributed by atoms with E-state index >= 15 is 0 Å². The van der Waals surface area contributed by atoms with Crippen LogP contribution in [0.1, 0.15) is 235 Å². The molecule has 6 fully saturated rings. The van der Waals surface area contributed by atoms with Gasteiger partial charge in [-0.1, -0.05) is 131 Å². The van der Waals surface area contributed by atoms with Crippen molar-refractivity contribution < 1.29 is 88.3 Å². The van der Waals surface area contributed by atoms with Crippen LogP contribution in [-0.4, -0.2) is 110 Å². The van der Waals surface area contributed by atoms with Crippen LogP contribution in [-0.2, 0) is 44.7 Å². The Labute approximate surface area is 700 Å². The molecule has 0 aromatic heterocycles. The minimum atomic E-state index is -4.72. The number of hydrogen-bond donors (Lipinski definition) is 8. The number of anilines is 5. The molecule has 9 N–H and O–H groups in total. The molecular formula is C94H109F9N8O10. The number of halogens is 9. The van der Waals surface area contributed by atoms with E-state index in [0.29, 0.717) is 92.0 Å². The lowest BCUT2D eigenvalue weighted by Crippen LogP contribution is -2.46. The maximum Gasteiger partial charge on any atom is 0.416 e. The predicted octanol–water partition coefficient (Wildman–Crippen LogP) is 20.5. The van der Waals surface area contributed by atoms with Crippen LogP contribution in [0.25, 0.3) is 0 Å². The van der Waals surface area contributed by atoms with Gasteiger partial charge < -0.3 is 61.8 Å². The van der Waals surface area contributed by atoms with Crippen molar-refractivity contribution in [2.45, 2.75) is 213 Å². The maximum absolute atomic E-state index is 14.9. The van der Waals surface area contributed by atoms with Gasteiger partial charge in [-0.05, 0) is 228 Å². The molecule has 4 amide bonds. The fraction of sp³-hybridized carbons (Fsp3) is 0.426. The van der Waals surface area contributed by atoms with E-state index < -0.39 is 114 Å². The summed E-state index contributed by atoms with van der Waals surface area (Å²) in [5, 5.41) is 41.1. The Hall–Kier alpha value is -10.9. The second-order valence-electron chi connectivity index (χ2n) is 31.8. The highest BCUT2D eigenvalue weighted by atomic mass is 19.4. The van der Waals surface area contributed by atoms with Gasteiger partial charge in [0, 0.05) is 66.2 Å². The van der Waals surface area contributed by atoms with Crippen LogP contribution in [0.3, 0.4) is 0 Å². The molecular weight excluding hydrogens is 1570 g/mol. The third kappa shape index (κ3) is 23.0. The minimum absolute atomic E-state index is 0. The number of carboxylic acids is 1. The van der Waals surface area contributed by atoms with E-state index in [-0.39, 0.29) is 71.6 Å². The first-order valence-electron chi connectivity index (χ1n) is 41.3. The fourth-order valence-corrected chi connectivity index (χ4v) is 17.6. The average Bonchev–Trinajstić information content (AvgIpc) is 1.13. The molecule has 0 radical (unpaired) electrons. The number of carbonyl (C=O) groups excluding carboxylic acids is 5. The van der Waals surface area contributed by atoms with Gasteiger partial charge in [-0.3, -0.25) is 28.8 Å². The van der Waals surface area contributed by atoms with E-state index in [1.165, 1.54) is 92.7 Å². The highest BCUT2D eigenvalue weighted by molar-refractivity contribution is 5.99. The monoisotopic (exact) mass is 1680 g/mol. The average molecular weight is 1680 g/mol. The Morgan fingerprint density at radius 1 is 0.430 bits per heavy atom. The van der Waals surface area contributed by atoms with Crippen molar-refractivity contribution in [2.75, 3.05) is 53.2 Å². The van der Waals surface area contributed by atoms with E-state index in [1.807, 2.05) is 72.8 Å². The molecule has 0 unspecified atom stereocenters. The van der Waals surface area contributed by atoms with E-state index in [1.54, 1.807) is 67.8 Å². The number of aliphatic carboxylic acids is 1. The Kier molecular flexibility index (Phi) is 32.1. The van der Waals surface area contributed by atoms with Gasteiger partial charge in [-0.25, -0.2) is 13.2 Å². The van der Waals surface area contributed by atoms with Crippen molar-refractivity contribution in [1.82, 2.24) is 14.7 Å². The van der Waals surface area contributed by atoms with E-state index in [0.717, 1.165) is 78.1 Å². The molecule has 3 saturated heterocycles. The van der Waals surface area contributed by atoms with Gasteiger partial charge in [0.25, 0.3) is 17.7 Å². The van der Waals surface area contributed by atoms with Crippen LogP contribution >= 0.6 is 0 Å². The molecule has 3 aliphatic carbocycles. The first kappa shape index (κ1) is 92.4. The molecule has 3 saturated carbocycles. The fourth-order valence-electron chi connectivity index (χ4n) is 17.6. The Balaban J connectivity index is 0.000000178. The smallest absolute Gasteiger partial charge is 0.416 e. The summed E-state index contributed by atoms with van der Waals surface area (Å²) >= 11 is 0. The summed E-state index contributed by atoms with van der Waals surface area (Å²) < 4.78 is 127. The Bertz CT molecular complexity index is 4800. The summed E-state index contributed by atoms with van der Waals surface area (Å²) in [5.41, 5.74) is 9.69. The Morgan fingerprint density at radius 2 is 0.752 bits per heavy atom. The van der Waals surface area contributed by atoms with Gasteiger partial charge in [0.2, 0.25) is 5.91 Å². The summed E-state index contributed by atoms with van der Waals surface area (Å²) in [4.78, 5) is 84.2. The largest absolute Gasteiger partial charge is 0.481 e. The predicted molar refractivity (Wildman–Crippen MR) is 449 cm³/mol. The van der Waals surface area contributed by atoms with E-state index in [2.05, 4.69) is 21.3 Å². The highest BCUT2D eigenvalue weighted by Gasteiger charge is 2.45. The number of esters is 1. The number of carboxylic acid groups (broad SMARTS) is 1. The summed E-state index contributed by atoms with van der Waals surface area (Å²) in [5.74, 6) is -6.94. The van der Waals surface area contributed by atoms with Gasteiger partial charge in [-0.15, -0.1) is 0 Å². The number of alkyl halides is 6. The minimum Gasteiger partial charge on any atom is -0.481 e.